The number of unbranched alkanes of at least 4 members (excludes halogenated alkanes) is 4. The lowest BCUT2D eigenvalue weighted by atomic mass is 10.2. The zero-order valence-corrected chi connectivity index (χ0v) is 14.4. The van der Waals surface area contributed by atoms with Gasteiger partial charge in [0.15, 0.2) is 0 Å². The number of aliphatic carboxylic acids is 1. The second kappa shape index (κ2) is 16.8. The highest BCUT2D eigenvalue weighted by Gasteiger charge is 1.93. The van der Waals surface area contributed by atoms with E-state index in [9.17, 15) is 9.90 Å². The molecule has 0 fully saturated rings. The van der Waals surface area contributed by atoms with E-state index in [-0.39, 0.29) is 6.42 Å². The van der Waals surface area contributed by atoms with Gasteiger partial charge >= 0.3 is 5.97 Å². The summed E-state index contributed by atoms with van der Waals surface area (Å²) < 4.78 is 0. The third-order valence-electron chi connectivity index (χ3n) is 3.30. The van der Waals surface area contributed by atoms with Gasteiger partial charge < -0.3 is 10.2 Å². The lowest BCUT2D eigenvalue weighted by Crippen LogP contribution is -1.98. The Balaban J connectivity index is 3.61. The largest absolute Gasteiger partial charge is 0.481 e. The summed E-state index contributed by atoms with van der Waals surface area (Å²) in [6.45, 7) is 2.20. The quantitative estimate of drug-likeness (QED) is 0.263. The SMILES string of the molecule is CCCCCC=C/C=C/[C@H](O)CC=CCC=CCCCC(=O)O. The second-order valence-electron chi connectivity index (χ2n) is 5.58. The molecule has 2 N–H and O–H groups in total. The Labute approximate surface area is 141 Å². The third kappa shape index (κ3) is 18.3. The fourth-order valence-electron chi connectivity index (χ4n) is 1.95. The van der Waals surface area contributed by atoms with Crippen molar-refractivity contribution in [2.75, 3.05) is 0 Å². The van der Waals surface area contributed by atoms with E-state index in [0.717, 1.165) is 19.3 Å². The van der Waals surface area contributed by atoms with E-state index in [1.807, 2.05) is 42.5 Å². The van der Waals surface area contributed by atoms with E-state index < -0.39 is 12.1 Å². The minimum absolute atomic E-state index is 0.228. The highest BCUT2D eigenvalue weighted by Crippen LogP contribution is 2.02. The minimum atomic E-state index is -0.740. The summed E-state index contributed by atoms with van der Waals surface area (Å²) >= 11 is 0. The van der Waals surface area contributed by atoms with Crippen LogP contribution in [0.15, 0.2) is 48.6 Å². The molecule has 0 saturated heterocycles. The van der Waals surface area contributed by atoms with Gasteiger partial charge in [0.1, 0.15) is 0 Å². The molecule has 130 valence electrons. The maximum atomic E-state index is 10.3. The van der Waals surface area contributed by atoms with Crippen molar-refractivity contribution in [2.45, 2.75) is 70.8 Å². The summed E-state index contributed by atoms with van der Waals surface area (Å²) in [6.07, 6.45) is 23.5. The van der Waals surface area contributed by atoms with Crippen LogP contribution < -0.4 is 0 Å². The van der Waals surface area contributed by atoms with E-state index in [1.54, 1.807) is 0 Å². The number of hydrogen-bond donors (Lipinski definition) is 2. The number of carbonyl (C=O) groups is 1. The number of aliphatic hydroxyl groups is 1. The molecule has 0 rings (SSSR count). The summed E-state index contributed by atoms with van der Waals surface area (Å²) in [7, 11) is 0. The molecule has 0 aromatic carbocycles. The standard InChI is InChI=1S/C20H32O3/c1-2-3-4-5-7-10-13-16-19(21)17-14-11-8-6-9-12-15-18-20(22)23/h6-7,9-11,13-14,16,19,21H,2-5,8,12,15,17-18H2,1H3,(H,22,23)/b9-6?,10-7?,14-11?,16-13+/t19-/m0/s1. The van der Waals surface area contributed by atoms with Crippen molar-refractivity contribution in [1.29, 1.82) is 0 Å². The van der Waals surface area contributed by atoms with Gasteiger partial charge in [-0.2, -0.15) is 0 Å². The maximum absolute atomic E-state index is 10.3. The summed E-state index contributed by atoms with van der Waals surface area (Å²) in [6, 6.07) is 0. The Kier molecular flexibility index (Phi) is 15.6. The van der Waals surface area contributed by atoms with Gasteiger partial charge in [-0.05, 0) is 38.5 Å². The zero-order valence-electron chi connectivity index (χ0n) is 14.4. The van der Waals surface area contributed by atoms with Crippen molar-refractivity contribution >= 4 is 5.97 Å². The number of aliphatic hydroxyl groups excluding tert-OH is 1. The first kappa shape index (κ1) is 21.4. The number of hydrogen-bond acceptors (Lipinski definition) is 2. The maximum Gasteiger partial charge on any atom is 0.303 e. The van der Waals surface area contributed by atoms with Gasteiger partial charge in [0.05, 0.1) is 6.10 Å². The predicted octanol–water partition coefficient (Wildman–Crippen LogP) is 5.19. The first-order valence-electron chi connectivity index (χ1n) is 8.70. The van der Waals surface area contributed by atoms with E-state index in [1.165, 1.54) is 19.3 Å². The topological polar surface area (TPSA) is 57.5 Å². The number of carboxylic acid groups (broad SMARTS) is 1. The number of allylic oxidation sites excluding steroid dienone is 6. The van der Waals surface area contributed by atoms with Crippen molar-refractivity contribution in [3.05, 3.63) is 48.6 Å². The van der Waals surface area contributed by atoms with Gasteiger partial charge in [-0.1, -0.05) is 68.4 Å². The van der Waals surface area contributed by atoms with Crippen molar-refractivity contribution < 1.29 is 15.0 Å². The van der Waals surface area contributed by atoms with Crippen molar-refractivity contribution in [1.82, 2.24) is 0 Å². The van der Waals surface area contributed by atoms with Gasteiger partial charge in [0.25, 0.3) is 0 Å². The summed E-state index contributed by atoms with van der Waals surface area (Å²) in [5.74, 6) is -0.740. The molecule has 0 unspecified atom stereocenters. The molecule has 0 aromatic rings. The molecule has 0 aliphatic carbocycles. The molecule has 0 aliphatic heterocycles. The van der Waals surface area contributed by atoms with Gasteiger partial charge in [-0.15, -0.1) is 0 Å². The van der Waals surface area contributed by atoms with Crippen LogP contribution in [0.4, 0.5) is 0 Å². The molecule has 0 aromatic heterocycles. The Bertz CT molecular complexity index is 392. The summed E-state index contributed by atoms with van der Waals surface area (Å²) in [5.41, 5.74) is 0. The van der Waals surface area contributed by atoms with Crippen LogP contribution in [-0.2, 0) is 4.79 Å². The molecule has 3 heteroatoms. The first-order valence-corrected chi connectivity index (χ1v) is 8.70. The molecule has 1 atom stereocenters. The number of rotatable bonds is 14. The highest BCUT2D eigenvalue weighted by molar-refractivity contribution is 5.66. The Morgan fingerprint density at radius 3 is 2.43 bits per heavy atom. The molecule has 0 bridgehead atoms. The van der Waals surface area contributed by atoms with Crippen LogP contribution in [0.25, 0.3) is 0 Å². The highest BCUT2D eigenvalue weighted by atomic mass is 16.4. The zero-order chi connectivity index (χ0) is 17.2. The third-order valence-corrected chi connectivity index (χ3v) is 3.30. The van der Waals surface area contributed by atoms with Crippen LogP contribution in [0.5, 0.6) is 0 Å². The van der Waals surface area contributed by atoms with Gasteiger partial charge in [0.2, 0.25) is 0 Å². The Hall–Kier alpha value is -1.61. The molecule has 0 spiro atoms. The van der Waals surface area contributed by atoms with E-state index in [2.05, 4.69) is 13.0 Å². The Morgan fingerprint density at radius 2 is 1.70 bits per heavy atom. The average Bonchev–Trinajstić information content (AvgIpc) is 2.52. The summed E-state index contributed by atoms with van der Waals surface area (Å²) in [4.78, 5) is 10.3. The van der Waals surface area contributed by atoms with Gasteiger partial charge in [0, 0.05) is 6.42 Å². The van der Waals surface area contributed by atoms with Crippen LogP contribution in [0.3, 0.4) is 0 Å². The molecule has 0 saturated carbocycles. The van der Waals surface area contributed by atoms with E-state index in [4.69, 9.17) is 5.11 Å². The van der Waals surface area contributed by atoms with E-state index in [0.29, 0.717) is 12.8 Å². The fraction of sp³-hybridized carbons (Fsp3) is 0.550. The predicted molar refractivity (Wildman–Crippen MR) is 97.4 cm³/mol. The average molecular weight is 320 g/mol. The lowest BCUT2D eigenvalue weighted by molar-refractivity contribution is -0.137. The van der Waals surface area contributed by atoms with Crippen LogP contribution >= 0.6 is 0 Å². The molecule has 0 radical (unpaired) electrons. The summed E-state index contributed by atoms with van der Waals surface area (Å²) in [5, 5.41) is 18.3. The van der Waals surface area contributed by atoms with Crippen LogP contribution in [-0.4, -0.2) is 22.3 Å². The molecule has 0 heterocycles. The lowest BCUT2D eigenvalue weighted by Gasteiger charge is -1.98. The van der Waals surface area contributed by atoms with Crippen molar-refractivity contribution in [3.63, 3.8) is 0 Å². The van der Waals surface area contributed by atoms with Crippen LogP contribution in [0, 0.1) is 0 Å². The number of carboxylic acids is 1. The second-order valence-corrected chi connectivity index (χ2v) is 5.58. The molecule has 3 nitrogen and oxygen atoms in total. The van der Waals surface area contributed by atoms with Gasteiger partial charge in [-0.3, -0.25) is 4.79 Å². The molecular weight excluding hydrogens is 288 g/mol. The molecule has 0 amide bonds. The first-order chi connectivity index (χ1) is 11.2. The normalized spacial score (nSPS) is 13.8. The van der Waals surface area contributed by atoms with E-state index >= 15 is 0 Å². The van der Waals surface area contributed by atoms with Crippen LogP contribution in [0.1, 0.15) is 64.7 Å². The monoisotopic (exact) mass is 320 g/mol. The minimum Gasteiger partial charge on any atom is -0.481 e. The smallest absolute Gasteiger partial charge is 0.303 e. The molecule has 23 heavy (non-hydrogen) atoms. The molecular formula is C20H32O3. The van der Waals surface area contributed by atoms with Crippen molar-refractivity contribution in [3.8, 4) is 0 Å². The Morgan fingerprint density at radius 1 is 0.957 bits per heavy atom. The van der Waals surface area contributed by atoms with Crippen molar-refractivity contribution in [2.24, 2.45) is 0 Å². The van der Waals surface area contributed by atoms with Crippen LogP contribution in [0.2, 0.25) is 0 Å². The molecule has 0 aliphatic rings. The fourth-order valence-corrected chi connectivity index (χ4v) is 1.95. The van der Waals surface area contributed by atoms with Gasteiger partial charge in [-0.25, -0.2) is 0 Å².